The fourth-order valence-corrected chi connectivity index (χ4v) is 3.94. The molecule has 2 N–H and O–H groups in total. The summed E-state index contributed by atoms with van der Waals surface area (Å²) in [5.41, 5.74) is 1.65. The van der Waals surface area contributed by atoms with E-state index in [1.807, 2.05) is 0 Å². The summed E-state index contributed by atoms with van der Waals surface area (Å²) in [7, 11) is 0. The van der Waals surface area contributed by atoms with Crippen molar-refractivity contribution in [3.8, 4) is 5.75 Å². The number of fused-ring (bicyclic) bond motifs is 1. The molecule has 170 valence electrons. The minimum absolute atomic E-state index is 0. The third-order valence-electron chi connectivity index (χ3n) is 5.38. The van der Waals surface area contributed by atoms with Crippen LogP contribution < -0.4 is 15.4 Å². The van der Waals surface area contributed by atoms with E-state index in [-0.39, 0.29) is 36.6 Å². The average Bonchev–Trinajstić information content (AvgIpc) is 3.00. The fourth-order valence-electron chi connectivity index (χ4n) is 3.94. The van der Waals surface area contributed by atoms with E-state index >= 15 is 0 Å². The van der Waals surface area contributed by atoms with Crippen LogP contribution in [-0.4, -0.2) is 56.9 Å². The van der Waals surface area contributed by atoms with Crippen LogP contribution >= 0.6 is 24.0 Å². The molecule has 0 amide bonds. The lowest BCUT2D eigenvalue weighted by atomic mass is 10.1. The number of likely N-dealkylation sites (tertiary alicyclic amines) is 1. The Morgan fingerprint density at radius 2 is 1.97 bits per heavy atom. The first-order valence-electron chi connectivity index (χ1n) is 11.0. The molecule has 1 saturated heterocycles. The highest BCUT2D eigenvalue weighted by molar-refractivity contribution is 14.0. The quantitative estimate of drug-likeness (QED) is 0.231. The van der Waals surface area contributed by atoms with Crippen LogP contribution in [0, 0.1) is 5.82 Å². The summed E-state index contributed by atoms with van der Waals surface area (Å²) in [5.74, 6) is 1.33. The highest BCUT2D eigenvalue weighted by atomic mass is 127. The van der Waals surface area contributed by atoms with Crippen molar-refractivity contribution >= 4 is 29.9 Å². The van der Waals surface area contributed by atoms with Crippen LogP contribution in [0.3, 0.4) is 0 Å². The first-order valence-corrected chi connectivity index (χ1v) is 11.0. The van der Waals surface area contributed by atoms with E-state index in [0.717, 1.165) is 48.9 Å². The van der Waals surface area contributed by atoms with Gasteiger partial charge in [0.15, 0.2) is 12.8 Å². The number of aliphatic imine (C=N–C) groups is 1. The Bertz CT molecular complexity index is 667. The minimum atomic E-state index is -0.248. The van der Waals surface area contributed by atoms with Crippen LogP contribution in [-0.2, 0) is 17.8 Å². The topological polar surface area (TPSA) is 58.1 Å². The Balaban J connectivity index is 0.00000320. The molecule has 2 aliphatic rings. The van der Waals surface area contributed by atoms with Crippen molar-refractivity contribution in [2.24, 2.45) is 4.99 Å². The third-order valence-corrected chi connectivity index (χ3v) is 5.38. The number of rotatable bonds is 8. The van der Waals surface area contributed by atoms with Gasteiger partial charge in [-0.1, -0.05) is 12.8 Å². The van der Waals surface area contributed by atoms with E-state index in [1.54, 1.807) is 6.07 Å². The lowest BCUT2D eigenvalue weighted by molar-refractivity contribution is -0.0172. The maximum absolute atomic E-state index is 13.9. The van der Waals surface area contributed by atoms with E-state index in [2.05, 4.69) is 22.5 Å². The van der Waals surface area contributed by atoms with Crippen LogP contribution in [0.25, 0.3) is 0 Å². The molecule has 0 radical (unpaired) electrons. The first kappa shape index (κ1) is 25.1. The second kappa shape index (κ2) is 14.0. The molecule has 0 aliphatic carbocycles. The third kappa shape index (κ3) is 8.19. The molecule has 0 saturated carbocycles. The van der Waals surface area contributed by atoms with Gasteiger partial charge in [0, 0.05) is 25.2 Å². The Hall–Kier alpha value is -1.13. The number of hydrogen-bond acceptors (Lipinski definition) is 4. The van der Waals surface area contributed by atoms with Crippen LogP contribution in [0.15, 0.2) is 17.1 Å². The Morgan fingerprint density at radius 3 is 2.73 bits per heavy atom. The normalized spacial score (nSPS) is 17.3. The number of benzene rings is 1. The summed E-state index contributed by atoms with van der Waals surface area (Å²) in [5, 5.41) is 6.65. The molecule has 30 heavy (non-hydrogen) atoms. The van der Waals surface area contributed by atoms with Crippen LogP contribution in [0.1, 0.15) is 50.2 Å². The molecule has 2 heterocycles. The predicted molar refractivity (Wildman–Crippen MR) is 129 cm³/mol. The zero-order valence-electron chi connectivity index (χ0n) is 18.1. The monoisotopic (exact) mass is 534 g/mol. The van der Waals surface area contributed by atoms with Crippen LogP contribution in [0.2, 0.25) is 0 Å². The molecule has 1 aromatic carbocycles. The number of halogens is 2. The Kier molecular flexibility index (Phi) is 11.8. The van der Waals surface area contributed by atoms with E-state index < -0.39 is 0 Å². The molecule has 0 atom stereocenters. The van der Waals surface area contributed by atoms with Gasteiger partial charge in [0.1, 0.15) is 11.6 Å². The molecule has 0 spiro atoms. The molecule has 1 fully saturated rings. The van der Waals surface area contributed by atoms with Gasteiger partial charge in [-0.25, -0.2) is 4.39 Å². The molecule has 1 aromatic rings. The predicted octanol–water partition coefficient (Wildman–Crippen LogP) is 3.67. The smallest absolute Gasteiger partial charge is 0.191 e. The summed E-state index contributed by atoms with van der Waals surface area (Å²) in [6.45, 7) is 8.55. The maximum atomic E-state index is 13.9. The van der Waals surface area contributed by atoms with Gasteiger partial charge in [0.05, 0.1) is 6.61 Å². The summed E-state index contributed by atoms with van der Waals surface area (Å²) in [6, 6.07) is 3.04. The summed E-state index contributed by atoms with van der Waals surface area (Å²) in [4.78, 5) is 7.27. The van der Waals surface area contributed by atoms with E-state index in [9.17, 15) is 4.39 Å². The molecular weight excluding hydrogens is 498 g/mol. The Morgan fingerprint density at radius 1 is 1.17 bits per heavy atom. The fraction of sp³-hybridized carbons (Fsp3) is 0.682. The summed E-state index contributed by atoms with van der Waals surface area (Å²) < 4.78 is 24.7. The lowest BCUT2D eigenvalue weighted by Gasteiger charge is -2.21. The molecule has 0 unspecified atom stereocenters. The molecule has 2 aliphatic heterocycles. The van der Waals surface area contributed by atoms with Crippen molar-refractivity contribution < 1.29 is 13.9 Å². The van der Waals surface area contributed by atoms with Crippen molar-refractivity contribution in [2.45, 2.75) is 52.1 Å². The maximum Gasteiger partial charge on any atom is 0.191 e. The largest absolute Gasteiger partial charge is 0.467 e. The van der Waals surface area contributed by atoms with Crippen molar-refractivity contribution in [1.82, 2.24) is 15.5 Å². The van der Waals surface area contributed by atoms with Gasteiger partial charge in [-0.05, 0) is 69.9 Å². The average molecular weight is 534 g/mol. The second-order valence-corrected chi connectivity index (χ2v) is 7.71. The molecule has 0 aromatic heterocycles. The molecule has 3 rings (SSSR count). The highest BCUT2D eigenvalue weighted by Crippen LogP contribution is 2.29. The highest BCUT2D eigenvalue weighted by Gasteiger charge is 2.16. The van der Waals surface area contributed by atoms with Gasteiger partial charge in [-0.15, -0.1) is 24.0 Å². The number of nitrogens with zero attached hydrogens (tertiary/aromatic N) is 2. The molecule has 6 nitrogen and oxygen atoms in total. The number of nitrogens with one attached hydrogen (secondary N) is 2. The van der Waals surface area contributed by atoms with Crippen LogP contribution in [0.5, 0.6) is 5.75 Å². The van der Waals surface area contributed by atoms with Gasteiger partial charge in [0.2, 0.25) is 0 Å². The number of hydrogen-bond donors (Lipinski definition) is 2. The molecule has 0 bridgehead atoms. The van der Waals surface area contributed by atoms with Gasteiger partial charge < -0.3 is 25.0 Å². The summed E-state index contributed by atoms with van der Waals surface area (Å²) >= 11 is 0. The lowest BCUT2D eigenvalue weighted by Crippen LogP contribution is -2.38. The summed E-state index contributed by atoms with van der Waals surface area (Å²) in [6.07, 6.45) is 7.13. The van der Waals surface area contributed by atoms with E-state index in [1.165, 1.54) is 44.8 Å². The SMILES string of the molecule is CCNC(=NCCCN1CCCCCC1)NCCc1cc(F)cc2c1OCOC2.I. The second-order valence-electron chi connectivity index (χ2n) is 7.71. The van der Waals surface area contributed by atoms with Crippen molar-refractivity contribution in [3.63, 3.8) is 0 Å². The number of ether oxygens (including phenoxy) is 2. The zero-order valence-corrected chi connectivity index (χ0v) is 20.4. The standard InChI is InChI=1S/C22H35FN4O2.HI/c1-2-24-22(25-9-7-13-27-11-5-3-4-6-12-27)26-10-8-18-14-20(23)15-19-16-28-17-29-21(18)19;/h14-15H,2-13,16-17H2,1H3,(H2,24,25,26);1H. The van der Waals surface area contributed by atoms with Gasteiger partial charge in [0.25, 0.3) is 0 Å². The minimum Gasteiger partial charge on any atom is -0.467 e. The van der Waals surface area contributed by atoms with Gasteiger partial charge in [-0.2, -0.15) is 0 Å². The van der Waals surface area contributed by atoms with Crippen molar-refractivity contribution in [3.05, 3.63) is 29.1 Å². The van der Waals surface area contributed by atoms with Crippen molar-refractivity contribution in [1.29, 1.82) is 0 Å². The van der Waals surface area contributed by atoms with Crippen molar-refractivity contribution in [2.75, 3.05) is 46.1 Å². The molecule has 8 heteroatoms. The van der Waals surface area contributed by atoms with E-state index in [0.29, 0.717) is 19.6 Å². The number of guanidine groups is 1. The molecular formula is C22H36FIN4O2. The van der Waals surface area contributed by atoms with E-state index in [4.69, 9.17) is 14.5 Å². The van der Waals surface area contributed by atoms with Gasteiger partial charge in [-0.3, -0.25) is 4.99 Å². The van der Waals surface area contributed by atoms with Gasteiger partial charge >= 0.3 is 0 Å². The first-order chi connectivity index (χ1) is 14.3. The van der Waals surface area contributed by atoms with Crippen LogP contribution in [0.4, 0.5) is 4.39 Å². The Labute approximate surface area is 197 Å². The zero-order chi connectivity index (χ0) is 20.3.